The molecule has 98 valence electrons. The van der Waals surface area contributed by atoms with Crippen LogP contribution in [0.25, 0.3) is 0 Å². The highest BCUT2D eigenvalue weighted by Crippen LogP contribution is 2.47. The molecule has 5 heteroatoms. The summed E-state index contributed by atoms with van der Waals surface area (Å²) in [5.74, 6) is -2.36. The van der Waals surface area contributed by atoms with E-state index in [9.17, 15) is 14.7 Å². The number of esters is 1. The molecule has 0 saturated carbocycles. The van der Waals surface area contributed by atoms with Gasteiger partial charge in [-0.2, -0.15) is 0 Å². The largest absolute Gasteiger partial charge is 0.433 e. The van der Waals surface area contributed by atoms with E-state index in [0.29, 0.717) is 6.42 Å². The number of carbonyl (C=O) groups is 2. The van der Waals surface area contributed by atoms with Gasteiger partial charge in [0.1, 0.15) is 0 Å². The third-order valence-electron chi connectivity index (χ3n) is 3.80. The van der Waals surface area contributed by atoms with E-state index in [2.05, 4.69) is 0 Å². The van der Waals surface area contributed by atoms with Crippen LogP contribution in [-0.2, 0) is 14.3 Å². The topological polar surface area (TPSA) is 66.8 Å². The summed E-state index contributed by atoms with van der Waals surface area (Å²) in [4.78, 5) is 24.7. The van der Waals surface area contributed by atoms with E-state index in [0.717, 1.165) is 0 Å². The molecular formula is C12H21NO4. The summed E-state index contributed by atoms with van der Waals surface area (Å²) >= 11 is 0. The second-order valence-corrected chi connectivity index (χ2v) is 5.51. The van der Waals surface area contributed by atoms with Crippen molar-refractivity contribution in [2.45, 2.75) is 39.4 Å². The lowest BCUT2D eigenvalue weighted by Crippen LogP contribution is -2.41. The molecule has 0 aromatic carbocycles. The first kappa shape index (κ1) is 14.0. The maximum absolute atomic E-state index is 11.7. The van der Waals surface area contributed by atoms with Crippen LogP contribution in [0, 0.1) is 11.3 Å². The lowest BCUT2D eigenvalue weighted by atomic mass is 9.73. The Labute approximate surface area is 102 Å². The zero-order chi connectivity index (χ0) is 13.4. The summed E-state index contributed by atoms with van der Waals surface area (Å²) in [6.45, 7) is 5.05. The molecule has 0 aliphatic carbocycles. The van der Waals surface area contributed by atoms with Gasteiger partial charge in [0, 0.05) is 32.9 Å². The van der Waals surface area contributed by atoms with Crippen molar-refractivity contribution in [1.29, 1.82) is 0 Å². The Morgan fingerprint density at radius 1 is 1.41 bits per heavy atom. The number of nitrogens with zero attached hydrogens (tertiary/aromatic N) is 1. The van der Waals surface area contributed by atoms with Gasteiger partial charge in [-0.1, -0.05) is 13.8 Å². The second-order valence-electron chi connectivity index (χ2n) is 5.51. The molecule has 1 amide bonds. The van der Waals surface area contributed by atoms with Gasteiger partial charge in [0.25, 0.3) is 0 Å². The molecule has 1 rings (SSSR count). The number of ether oxygens (including phenoxy) is 1. The third-order valence-corrected chi connectivity index (χ3v) is 3.80. The predicted molar refractivity (Wildman–Crippen MR) is 61.9 cm³/mol. The van der Waals surface area contributed by atoms with Crippen LogP contribution in [-0.4, -0.2) is 41.8 Å². The lowest BCUT2D eigenvalue weighted by Gasteiger charge is -2.32. The molecule has 1 saturated heterocycles. The molecule has 0 radical (unpaired) electrons. The van der Waals surface area contributed by atoms with E-state index in [1.807, 2.05) is 0 Å². The van der Waals surface area contributed by atoms with Crippen molar-refractivity contribution < 1.29 is 19.4 Å². The van der Waals surface area contributed by atoms with Crippen LogP contribution >= 0.6 is 0 Å². The maximum Gasteiger partial charge on any atom is 0.312 e. The van der Waals surface area contributed by atoms with Crippen LogP contribution in [0.1, 0.15) is 33.6 Å². The van der Waals surface area contributed by atoms with E-state index >= 15 is 0 Å². The third kappa shape index (κ3) is 2.44. The van der Waals surface area contributed by atoms with Gasteiger partial charge in [-0.3, -0.25) is 9.59 Å². The van der Waals surface area contributed by atoms with Gasteiger partial charge < -0.3 is 14.7 Å². The van der Waals surface area contributed by atoms with Crippen LogP contribution in [0.2, 0.25) is 0 Å². The van der Waals surface area contributed by atoms with Crippen LogP contribution < -0.4 is 0 Å². The molecule has 1 aliphatic rings. The molecule has 17 heavy (non-hydrogen) atoms. The zero-order valence-electron chi connectivity index (χ0n) is 11.1. The van der Waals surface area contributed by atoms with Crippen molar-refractivity contribution in [3.63, 3.8) is 0 Å². The van der Waals surface area contributed by atoms with Crippen molar-refractivity contribution >= 4 is 11.9 Å². The molecule has 1 heterocycles. The van der Waals surface area contributed by atoms with E-state index in [-0.39, 0.29) is 12.3 Å². The van der Waals surface area contributed by atoms with Crippen LogP contribution in [0.3, 0.4) is 0 Å². The first-order valence-corrected chi connectivity index (χ1v) is 5.75. The minimum absolute atomic E-state index is 0.0276. The fourth-order valence-electron chi connectivity index (χ4n) is 1.99. The summed E-state index contributed by atoms with van der Waals surface area (Å²) in [5, 5.41) is 10.00. The van der Waals surface area contributed by atoms with Crippen LogP contribution in [0.15, 0.2) is 0 Å². The van der Waals surface area contributed by atoms with Gasteiger partial charge in [-0.15, -0.1) is 0 Å². The fourth-order valence-corrected chi connectivity index (χ4v) is 1.99. The summed E-state index contributed by atoms with van der Waals surface area (Å²) in [6.07, 6.45) is 0.686. The lowest BCUT2D eigenvalue weighted by molar-refractivity contribution is -0.208. The van der Waals surface area contributed by atoms with Gasteiger partial charge in [0.2, 0.25) is 11.7 Å². The first-order chi connectivity index (χ1) is 7.59. The molecule has 0 spiro atoms. The monoisotopic (exact) mass is 243 g/mol. The van der Waals surface area contributed by atoms with Gasteiger partial charge in [-0.25, -0.2) is 0 Å². The Morgan fingerprint density at radius 3 is 2.29 bits per heavy atom. The molecular weight excluding hydrogens is 222 g/mol. The molecule has 0 unspecified atom stereocenters. The maximum atomic E-state index is 11.7. The highest BCUT2D eigenvalue weighted by molar-refractivity contribution is 5.79. The van der Waals surface area contributed by atoms with Gasteiger partial charge >= 0.3 is 5.97 Å². The Bertz CT molecular complexity index is 333. The molecule has 0 aromatic rings. The molecule has 0 bridgehead atoms. The van der Waals surface area contributed by atoms with Crippen molar-refractivity contribution in [1.82, 2.24) is 4.90 Å². The highest BCUT2D eigenvalue weighted by Gasteiger charge is 2.57. The minimum atomic E-state index is -1.46. The molecule has 1 fully saturated rings. The first-order valence-electron chi connectivity index (χ1n) is 5.75. The van der Waals surface area contributed by atoms with Gasteiger partial charge in [0.05, 0.1) is 5.92 Å². The van der Waals surface area contributed by atoms with E-state index in [4.69, 9.17) is 4.74 Å². The standard InChI is InChI=1S/C12H21NO4/c1-11(2)8(6-7-9(14)13(4)5)10(15)17-12(11,3)16/h8,16H,6-7H2,1-5H3/t8-,12-/m1/s1. The molecule has 1 N–H and O–H groups in total. The Balaban J connectivity index is 2.72. The van der Waals surface area contributed by atoms with E-state index in [1.54, 1.807) is 27.9 Å². The van der Waals surface area contributed by atoms with Gasteiger partial charge in [0.15, 0.2) is 0 Å². The zero-order valence-corrected chi connectivity index (χ0v) is 11.1. The van der Waals surface area contributed by atoms with E-state index < -0.39 is 23.1 Å². The summed E-state index contributed by atoms with van der Waals surface area (Å²) in [5.41, 5.74) is -0.684. The summed E-state index contributed by atoms with van der Waals surface area (Å²) < 4.78 is 4.96. The second kappa shape index (κ2) is 4.29. The average Bonchev–Trinajstić information content (AvgIpc) is 2.29. The molecule has 0 aromatic heterocycles. The van der Waals surface area contributed by atoms with Crippen LogP contribution in [0.4, 0.5) is 0 Å². The number of aliphatic hydroxyl groups is 1. The highest BCUT2D eigenvalue weighted by atomic mass is 16.7. The Kier molecular flexibility index (Phi) is 3.52. The SMILES string of the molecule is CN(C)C(=O)CC[C@@H]1C(=O)O[C@@](C)(O)C1(C)C. The normalized spacial score (nSPS) is 31.2. The number of carbonyl (C=O) groups excluding carboxylic acids is 2. The number of hydrogen-bond acceptors (Lipinski definition) is 4. The van der Waals surface area contributed by atoms with Crippen molar-refractivity contribution in [2.75, 3.05) is 14.1 Å². The number of cyclic esters (lactones) is 1. The van der Waals surface area contributed by atoms with E-state index in [1.165, 1.54) is 11.8 Å². The molecule has 1 aliphatic heterocycles. The quantitative estimate of drug-likeness (QED) is 0.743. The minimum Gasteiger partial charge on any atom is -0.433 e. The Hall–Kier alpha value is -1.10. The number of rotatable bonds is 3. The Morgan fingerprint density at radius 2 is 1.94 bits per heavy atom. The predicted octanol–water partition coefficient (Wildman–Crippen LogP) is 0.762. The van der Waals surface area contributed by atoms with Crippen molar-refractivity contribution in [3.8, 4) is 0 Å². The summed E-state index contributed by atoms with van der Waals surface area (Å²) in [6, 6.07) is 0. The summed E-state index contributed by atoms with van der Waals surface area (Å²) in [7, 11) is 3.35. The number of amides is 1. The molecule has 2 atom stereocenters. The van der Waals surface area contributed by atoms with Crippen molar-refractivity contribution in [3.05, 3.63) is 0 Å². The van der Waals surface area contributed by atoms with Gasteiger partial charge in [-0.05, 0) is 6.42 Å². The smallest absolute Gasteiger partial charge is 0.312 e. The van der Waals surface area contributed by atoms with Crippen LogP contribution in [0.5, 0.6) is 0 Å². The fraction of sp³-hybridized carbons (Fsp3) is 0.833. The molecule has 5 nitrogen and oxygen atoms in total. The van der Waals surface area contributed by atoms with Crippen molar-refractivity contribution in [2.24, 2.45) is 11.3 Å². The average molecular weight is 243 g/mol. The number of hydrogen-bond donors (Lipinski definition) is 1.